The number of ether oxygens (including phenoxy) is 5. The van der Waals surface area contributed by atoms with Gasteiger partial charge in [-0.3, -0.25) is 0 Å². The van der Waals surface area contributed by atoms with Crippen LogP contribution >= 0.6 is 0 Å². The van der Waals surface area contributed by atoms with Gasteiger partial charge in [-0.15, -0.1) is 0 Å². The summed E-state index contributed by atoms with van der Waals surface area (Å²) in [6.07, 6.45) is 18.9. The van der Waals surface area contributed by atoms with Gasteiger partial charge in [0.2, 0.25) is 11.9 Å². The van der Waals surface area contributed by atoms with Crippen LogP contribution in [0.3, 0.4) is 0 Å². The first-order chi connectivity index (χ1) is 57.2. The lowest BCUT2D eigenvalue weighted by Crippen LogP contribution is -2.52. The van der Waals surface area contributed by atoms with Crippen molar-refractivity contribution in [2.45, 2.75) is 166 Å². The van der Waals surface area contributed by atoms with Gasteiger partial charge in [0.1, 0.15) is 51.9 Å². The number of rotatable bonds is 10. The Kier molecular flexibility index (Phi) is 17.8. The summed E-state index contributed by atoms with van der Waals surface area (Å²) in [7, 11) is 1.66. The molecule has 8 fully saturated rings. The van der Waals surface area contributed by atoms with Crippen molar-refractivity contribution in [2.75, 3.05) is 97.8 Å². The lowest BCUT2D eigenvalue weighted by Gasteiger charge is -2.39. The number of H-pyrrole nitrogens is 2. The number of nitrogens with two attached hydrogens (primary N) is 2. The molecule has 3 saturated carbocycles. The SMILES string of the molecule is CC1(C)OCCn2c1nc1c(N3CC4CC3C4)nc(-c3cnc4[nH]ccc4c3)nc12.CC1(C)OCCn2c1nc1c(NC3CCCC3)nc(-c3cnc(N)nc3)nc12.COC1CN(c2nc(-c3cnc4[nH]cc(C(F)(F)F)c4c3)nc3c2nc2n3CCOCC2)C1.C[C@@H]1OCCn2c1nc1c(N3CC4CC3C4)nc(-c3cnc(N)nc3)nc12. The number of aromatic nitrogens is 24. The average molecular weight is 1610 g/mol. The Balaban J connectivity index is 0.0000000981. The van der Waals surface area contributed by atoms with Crippen LogP contribution in [0.15, 0.2) is 67.8 Å². The highest BCUT2D eigenvalue weighted by Crippen LogP contribution is 2.48. The summed E-state index contributed by atoms with van der Waals surface area (Å²) < 4.78 is 77.6. The first kappa shape index (κ1) is 73.7. The van der Waals surface area contributed by atoms with E-state index in [1.54, 1.807) is 31.9 Å². The highest BCUT2D eigenvalue weighted by Gasteiger charge is 2.47. The van der Waals surface area contributed by atoms with Crippen LogP contribution in [0.2, 0.25) is 0 Å². The van der Waals surface area contributed by atoms with Crippen molar-refractivity contribution in [1.82, 2.24) is 118 Å². The maximum absolute atomic E-state index is 13.5. The normalized spacial score (nSPS) is 21.6. The van der Waals surface area contributed by atoms with Crippen LogP contribution in [0, 0.1) is 11.8 Å². The number of nitrogens with one attached hydrogen (secondary N) is 3. The molecular formula is C80H87F3N30O5. The summed E-state index contributed by atoms with van der Waals surface area (Å²) in [5.41, 5.74) is 19.9. The number of nitrogen functional groups attached to an aromatic ring is 2. The van der Waals surface area contributed by atoms with E-state index in [1.165, 1.54) is 50.8 Å². The maximum atomic E-state index is 13.5. The molecule has 14 aromatic rings. The first-order valence-electron chi connectivity index (χ1n) is 40.5. The van der Waals surface area contributed by atoms with Crippen molar-refractivity contribution < 1.29 is 36.9 Å². The van der Waals surface area contributed by atoms with Gasteiger partial charge < -0.3 is 83.4 Å². The number of imidazole rings is 4. The topological polar surface area (TPSA) is 403 Å². The Morgan fingerprint density at radius 1 is 0.542 bits per heavy atom. The Hall–Kier alpha value is -11.9. The van der Waals surface area contributed by atoms with Crippen LogP contribution in [-0.2, 0) is 73.7 Å². The minimum absolute atomic E-state index is 0.0193. The molecule has 26 rings (SSSR count). The molecule has 0 unspecified atom stereocenters. The van der Waals surface area contributed by atoms with E-state index < -0.39 is 22.9 Å². The molecule has 0 amide bonds. The van der Waals surface area contributed by atoms with Crippen LogP contribution in [0.1, 0.15) is 121 Å². The third-order valence-corrected chi connectivity index (χ3v) is 24.6. The molecule has 0 radical (unpaired) electrons. The predicted molar refractivity (Wildman–Crippen MR) is 431 cm³/mol. The van der Waals surface area contributed by atoms with E-state index in [-0.39, 0.29) is 35.1 Å². The molecule has 608 valence electrons. The van der Waals surface area contributed by atoms with Gasteiger partial charge in [-0.2, -0.15) is 13.2 Å². The molecule has 5 saturated heterocycles. The Labute approximate surface area is 671 Å². The number of hydrogen-bond donors (Lipinski definition) is 5. The van der Waals surface area contributed by atoms with Gasteiger partial charge in [-0.25, -0.2) is 89.7 Å². The monoisotopic (exact) mass is 1600 g/mol. The van der Waals surface area contributed by atoms with E-state index in [9.17, 15) is 13.2 Å². The zero-order chi connectivity index (χ0) is 80.2. The molecule has 118 heavy (non-hydrogen) atoms. The van der Waals surface area contributed by atoms with Gasteiger partial charge in [0.15, 0.2) is 91.2 Å². The molecule has 0 spiro atoms. The van der Waals surface area contributed by atoms with Crippen molar-refractivity contribution in [3.63, 3.8) is 0 Å². The fraction of sp³-hybridized carbons (Fsp3) is 0.475. The van der Waals surface area contributed by atoms with Crippen LogP contribution in [-0.4, -0.2) is 209 Å². The van der Waals surface area contributed by atoms with Crippen LogP contribution in [0.25, 0.3) is 112 Å². The number of nitrogens with zero attached hydrogens (tertiary/aromatic N) is 25. The molecule has 1 atom stereocenters. The van der Waals surface area contributed by atoms with Gasteiger partial charge in [-0.1, -0.05) is 12.8 Å². The number of halogens is 3. The summed E-state index contributed by atoms with van der Waals surface area (Å²) >= 11 is 0. The van der Waals surface area contributed by atoms with Crippen LogP contribution in [0.4, 0.5) is 48.3 Å². The summed E-state index contributed by atoms with van der Waals surface area (Å²) in [6, 6.07) is 7.13. The van der Waals surface area contributed by atoms with Crippen LogP contribution < -0.4 is 31.5 Å². The first-order valence-corrected chi connectivity index (χ1v) is 40.5. The second kappa shape index (κ2) is 28.5. The standard InChI is InChI=1S/C22H23N7O.C21H20F3N7O2.C19H24N8O.C18H20N8O/c1-22(2)21-25-16-19(28(21)5-6-30-22)26-18(14-9-13-3-4-23-17(13)24-10-14)27-20(16)29-11-12-7-15(29)8-12;1-32-12-9-30(10-12)19-16-20(31-3-5-33-4-2-15(31)27-16)29-17(28-19)11-6-13-14(21(22,23)24)8-26-18(13)25-7-11;1-19(2)17-24-13-15(23-12-5-3-4-6-12)25-14(11-9-21-18(20)22-10-11)26-16(13)27(17)7-8-28-19;1-9-15-22-13-16(25(15)2-3-27-9)23-14(11-6-20-18(19)21-7-11)24-17(13)26-8-10-4-12(26)5-10/h3-4,9-10,12,15H,5-8,11H2,1-2H3,(H,23,24);6-8,12H,2-5,9-10H2,1H3,(H,25,26);9-10,12H,3-8H2,1-2H3,(H2,20,21,22)(H,23,25,26);6-7,9-10,12H,2-5,8H2,1H3,(H2,19,20,21)/t;;;9-,10?,12?/m...0/s1. The van der Waals surface area contributed by atoms with Gasteiger partial charge in [0.05, 0.1) is 55.8 Å². The summed E-state index contributed by atoms with van der Waals surface area (Å²) in [6.45, 7) is 19.5. The molecule has 0 aromatic carbocycles. The molecule has 9 aliphatic heterocycles. The number of anilines is 6. The molecule has 35 nitrogen and oxygen atoms in total. The van der Waals surface area contributed by atoms with Crippen molar-refractivity contribution >= 4 is 102 Å². The minimum atomic E-state index is -4.50. The van der Waals surface area contributed by atoms with Crippen LogP contribution in [0.5, 0.6) is 0 Å². The van der Waals surface area contributed by atoms with Gasteiger partial charge in [0, 0.05) is 155 Å². The molecule has 12 aliphatic rings. The number of hydrogen-bond acceptors (Lipinski definition) is 29. The van der Waals surface area contributed by atoms with Crippen molar-refractivity contribution in [1.29, 1.82) is 0 Å². The molecule has 4 bridgehead atoms. The van der Waals surface area contributed by atoms with Crippen molar-refractivity contribution in [2.24, 2.45) is 11.8 Å². The fourth-order valence-corrected chi connectivity index (χ4v) is 18.2. The lowest BCUT2D eigenvalue weighted by atomic mass is 9.86. The smallest absolute Gasteiger partial charge is 0.379 e. The largest absolute Gasteiger partial charge is 0.418 e. The van der Waals surface area contributed by atoms with E-state index in [4.69, 9.17) is 95.0 Å². The third-order valence-electron chi connectivity index (χ3n) is 24.6. The molecular weight excluding hydrogens is 1520 g/mol. The van der Waals surface area contributed by atoms with E-state index in [1.807, 2.05) is 43.8 Å². The minimum Gasteiger partial charge on any atom is -0.379 e. The second-order valence-electron chi connectivity index (χ2n) is 33.1. The summed E-state index contributed by atoms with van der Waals surface area (Å²) in [5.74, 6) is 11.1. The van der Waals surface area contributed by atoms with E-state index in [2.05, 4.69) is 93.5 Å². The Morgan fingerprint density at radius 2 is 1.07 bits per heavy atom. The Bertz CT molecular complexity index is 6230. The number of fused-ring (bicyclic) bond motifs is 16. The number of pyridine rings is 2. The van der Waals surface area contributed by atoms with E-state index >= 15 is 0 Å². The fourth-order valence-electron chi connectivity index (χ4n) is 18.2. The average Bonchev–Trinajstić information content (AvgIpc) is 1.58. The Morgan fingerprint density at radius 3 is 1.68 bits per heavy atom. The van der Waals surface area contributed by atoms with Gasteiger partial charge >= 0.3 is 6.18 Å². The third kappa shape index (κ3) is 13.0. The lowest BCUT2D eigenvalue weighted by molar-refractivity contribution is -0.136. The molecule has 3 aliphatic carbocycles. The summed E-state index contributed by atoms with van der Waals surface area (Å²) in [5, 5.41) is 4.65. The van der Waals surface area contributed by atoms with E-state index in [0.29, 0.717) is 130 Å². The van der Waals surface area contributed by atoms with Crippen molar-refractivity contribution in [3.8, 4) is 45.6 Å². The van der Waals surface area contributed by atoms with Crippen molar-refractivity contribution in [3.05, 3.63) is 96.6 Å². The second-order valence-corrected chi connectivity index (χ2v) is 33.1. The number of methoxy groups -OCH3 is 1. The zero-order valence-electron chi connectivity index (χ0n) is 66.0. The highest BCUT2D eigenvalue weighted by atomic mass is 19.4. The highest BCUT2D eigenvalue weighted by molar-refractivity contribution is 5.92. The zero-order valence-corrected chi connectivity index (χ0v) is 66.0. The maximum Gasteiger partial charge on any atom is 0.418 e. The molecule has 23 heterocycles. The number of aromatic amines is 2. The molecule has 14 aromatic heterocycles. The number of alkyl halides is 3. The molecule has 38 heteroatoms. The van der Waals surface area contributed by atoms with Gasteiger partial charge in [-0.05, 0) is 103 Å². The van der Waals surface area contributed by atoms with Gasteiger partial charge in [0.25, 0.3) is 0 Å². The predicted octanol–water partition coefficient (Wildman–Crippen LogP) is 10.1. The molecule has 7 N–H and O–H groups in total. The quantitative estimate of drug-likeness (QED) is 0.0849. The summed E-state index contributed by atoms with van der Waals surface area (Å²) in [4.78, 5) is 96.3. The van der Waals surface area contributed by atoms with E-state index in [0.717, 1.165) is 159 Å².